The molecule has 0 atom stereocenters. The average Bonchev–Trinajstić information content (AvgIpc) is 2.75. The normalized spacial score (nSPS) is 26.9. The molecule has 0 unspecified atom stereocenters. The number of phosphoric acid groups is 1. The van der Waals surface area contributed by atoms with E-state index in [1.54, 1.807) is 0 Å². The first-order chi connectivity index (χ1) is 13.9. The third kappa shape index (κ3) is 5.88. The van der Waals surface area contributed by atoms with Crippen molar-refractivity contribution in [2.45, 2.75) is 153 Å². The lowest BCUT2D eigenvalue weighted by atomic mass is 9.83. The van der Waals surface area contributed by atoms with Gasteiger partial charge in [-0.1, -0.05) is 78.6 Å². The first-order valence-corrected chi connectivity index (χ1v) is 14.1. The zero-order valence-electron chi connectivity index (χ0n) is 19.3. The Morgan fingerprint density at radius 1 is 0.517 bits per heavy atom. The molecule has 0 heterocycles. The van der Waals surface area contributed by atoms with Crippen molar-refractivity contribution in [3.63, 3.8) is 0 Å². The lowest BCUT2D eigenvalue weighted by Crippen LogP contribution is -2.41. The maximum absolute atomic E-state index is 14.4. The quantitative estimate of drug-likeness (QED) is 0.345. The Kier molecular flexibility index (Phi) is 8.32. The first-order valence-electron chi connectivity index (χ1n) is 12.6. The predicted molar refractivity (Wildman–Crippen MR) is 119 cm³/mol. The molecule has 0 saturated heterocycles. The highest BCUT2D eigenvalue weighted by molar-refractivity contribution is 7.48. The van der Waals surface area contributed by atoms with E-state index in [9.17, 15) is 4.57 Å². The standard InChI is InChI=1S/C24H45O4P/c1-4-22(16-10-7-11-17-22)26-29(25,27-23(5-2)18-12-8-13-19-23)28-24(6-3)20-14-9-15-21-24/h4-21H2,1-3H3. The Morgan fingerprint density at radius 2 is 0.759 bits per heavy atom. The van der Waals surface area contributed by atoms with Gasteiger partial charge < -0.3 is 0 Å². The van der Waals surface area contributed by atoms with Crippen LogP contribution in [-0.2, 0) is 18.1 Å². The Hall–Kier alpha value is 0.110. The minimum atomic E-state index is -3.67. The molecule has 170 valence electrons. The number of hydrogen-bond acceptors (Lipinski definition) is 4. The molecule has 0 amide bonds. The van der Waals surface area contributed by atoms with Crippen molar-refractivity contribution in [3.05, 3.63) is 0 Å². The summed E-state index contributed by atoms with van der Waals surface area (Å²) in [4.78, 5) is 0. The van der Waals surface area contributed by atoms with Crippen LogP contribution >= 0.6 is 7.82 Å². The van der Waals surface area contributed by atoms with Gasteiger partial charge in [0, 0.05) is 0 Å². The van der Waals surface area contributed by atoms with Gasteiger partial charge >= 0.3 is 7.82 Å². The smallest absolute Gasteiger partial charge is 0.280 e. The average molecular weight is 429 g/mol. The van der Waals surface area contributed by atoms with Crippen molar-refractivity contribution >= 4 is 7.82 Å². The minimum Gasteiger partial charge on any atom is -0.280 e. The van der Waals surface area contributed by atoms with Gasteiger partial charge in [-0.25, -0.2) is 4.57 Å². The maximum Gasteiger partial charge on any atom is 0.476 e. The zero-order valence-corrected chi connectivity index (χ0v) is 20.2. The van der Waals surface area contributed by atoms with Crippen molar-refractivity contribution in [2.75, 3.05) is 0 Å². The SMILES string of the molecule is CCC1(OP(=O)(OC2(CC)CCCCC2)OC2(CC)CCCCC2)CCCCC1. The summed E-state index contributed by atoms with van der Waals surface area (Å²) in [5.74, 6) is 0. The van der Waals surface area contributed by atoms with Gasteiger partial charge in [0.05, 0.1) is 16.8 Å². The molecule has 0 radical (unpaired) electrons. The molecule has 3 saturated carbocycles. The fourth-order valence-corrected chi connectivity index (χ4v) is 8.35. The van der Waals surface area contributed by atoms with Crippen LogP contribution in [0.3, 0.4) is 0 Å². The van der Waals surface area contributed by atoms with Gasteiger partial charge in [-0.15, -0.1) is 0 Å². The van der Waals surface area contributed by atoms with E-state index in [0.29, 0.717) is 0 Å². The molecule has 0 N–H and O–H groups in total. The Balaban J connectivity index is 1.87. The first kappa shape index (κ1) is 23.8. The van der Waals surface area contributed by atoms with Crippen LogP contribution in [0.1, 0.15) is 136 Å². The van der Waals surface area contributed by atoms with E-state index >= 15 is 0 Å². The molecule has 3 aliphatic carbocycles. The van der Waals surface area contributed by atoms with E-state index in [4.69, 9.17) is 13.6 Å². The largest absolute Gasteiger partial charge is 0.476 e. The molecule has 4 nitrogen and oxygen atoms in total. The van der Waals surface area contributed by atoms with Crippen LogP contribution in [0.2, 0.25) is 0 Å². The van der Waals surface area contributed by atoms with Gasteiger partial charge in [0.2, 0.25) is 0 Å². The summed E-state index contributed by atoms with van der Waals surface area (Å²) < 4.78 is 34.2. The van der Waals surface area contributed by atoms with Crippen LogP contribution in [0.4, 0.5) is 0 Å². The van der Waals surface area contributed by atoms with Crippen molar-refractivity contribution in [3.8, 4) is 0 Å². The van der Waals surface area contributed by atoms with Crippen molar-refractivity contribution in [1.82, 2.24) is 0 Å². The summed E-state index contributed by atoms with van der Waals surface area (Å²) in [6.45, 7) is 6.51. The molecule has 29 heavy (non-hydrogen) atoms. The second kappa shape index (κ2) is 10.2. The van der Waals surface area contributed by atoms with Gasteiger partial charge in [-0.3, -0.25) is 13.6 Å². The maximum atomic E-state index is 14.4. The molecular weight excluding hydrogens is 383 g/mol. The number of phosphoric ester groups is 1. The van der Waals surface area contributed by atoms with E-state index in [2.05, 4.69) is 20.8 Å². The van der Waals surface area contributed by atoms with E-state index in [-0.39, 0.29) is 16.8 Å². The molecule has 3 aliphatic rings. The van der Waals surface area contributed by atoms with Gasteiger partial charge in [0.1, 0.15) is 0 Å². The van der Waals surface area contributed by atoms with Crippen LogP contribution in [0, 0.1) is 0 Å². The van der Waals surface area contributed by atoms with E-state index in [1.165, 1.54) is 19.3 Å². The summed E-state index contributed by atoms with van der Waals surface area (Å²) >= 11 is 0. The molecule has 0 bridgehead atoms. The fraction of sp³-hybridized carbons (Fsp3) is 1.00. The highest BCUT2D eigenvalue weighted by atomic mass is 31.2. The highest BCUT2D eigenvalue weighted by Gasteiger charge is 2.50. The lowest BCUT2D eigenvalue weighted by molar-refractivity contribution is -0.0952. The van der Waals surface area contributed by atoms with Crippen LogP contribution in [0.5, 0.6) is 0 Å². The van der Waals surface area contributed by atoms with Crippen molar-refractivity contribution < 1.29 is 18.1 Å². The molecule has 3 fully saturated rings. The van der Waals surface area contributed by atoms with Crippen LogP contribution in [-0.4, -0.2) is 16.8 Å². The van der Waals surface area contributed by atoms with Gasteiger partial charge in [0.15, 0.2) is 0 Å². The predicted octanol–water partition coefficient (Wildman–Crippen LogP) is 8.48. The molecule has 0 aromatic rings. The summed E-state index contributed by atoms with van der Waals surface area (Å²) in [5, 5.41) is 0. The zero-order chi connectivity index (χ0) is 20.8. The molecule has 0 aliphatic heterocycles. The number of rotatable bonds is 9. The minimum absolute atomic E-state index is 0.346. The molecule has 0 spiro atoms. The van der Waals surface area contributed by atoms with E-state index in [0.717, 1.165) is 96.3 Å². The molecule has 3 rings (SSSR count). The van der Waals surface area contributed by atoms with E-state index in [1.807, 2.05) is 0 Å². The van der Waals surface area contributed by atoms with Crippen molar-refractivity contribution in [1.29, 1.82) is 0 Å². The van der Waals surface area contributed by atoms with Crippen LogP contribution < -0.4 is 0 Å². The van der Waals surface area contributed by atoms with Crippen LogP contribution in [0.15, 0.2) is 0 Å². The summed E-state index contributed by atoms with van der Waals surface area (Å²) in [5.41, 5.74) is -1.04. The van der Waals surface area contributed by atoms with Gasteiger partial charge in [-0.05, 0) is 57.8 Å². The third-order valence-corrected chi connectivity index (χ3v) is 9.98. The second-order valence-electron chi connectivity index (χ2n) is 10.0. The van der Waals surface area contributed by atoms with Crippen molar-refractivity contribution in [2.24, 2.45) is 0 Å². The fourth-order valence-electron chi connectivity index (χ4n) is 5.88. The highest BCUT2D eigenvalue weighted by Crippen LogP contribution is 2.63. The summed E-state index contributed by atoms with van der Waals surface area (Å²) in [6.07, 6.45) is 19.1. The molecule has 5 heteroatoms. The molecular formula is C24H45O4P. The van der Waals surface area contributed by atoms with Crippen LogP contribution in [0.25, 0.3) is 0 Å². The summed E-state index contributed by atoms with van der Waals surface area (Å²) in [6, 6.07) is 0. The number of hydrogen-bond donors (Lipinski definition) is 0. The van der Waals surface area contributed by atoms with E-state index < -0.39 is 7.82 Å². The Bertz CT molecular complexity index is 467. The molecule has 0 aromatic heterocycles. The van der Waals surface area contributed by atoms with Gasteiger partial charge in [0.25, 0.3) is 0 Å². The van der Waals surface area contributed by atoms with Gasteiger partial charge in [-0.2, -0.15) is 0 Å². The monoisotopic (exact) mass is 428 g/mol. The summed E-state index contributed by atoms with van der Waals surface area (Å²) in [7, 11) is -3.67. The lowest BCUT2D eigenvalue weighted by Gasteiger charge is -2.46. The third-order valence-electron chi connectivity index (χ3n) is 8.14. The topological polar surface area (TPSA) is 44.8 Å². The Labute approximate surface area is 179 Å². The second-order valence-corrected chi connectivity index (χ2v) is 11.5. The molecule has 0 aromatic carbocycles. The Morgan fingerprint density at radius 3 is 0.966 bits per heavy atom.